The van der Waals surface area contributed by atoms with Crippen LogP contribution in [0.25, 0.3) is 0 Å². The van der Waals surface area contributed by atoms with Gasteiger partial charge in [-0.1, -0.05) is 30.3 Å². The maximum atomic E-state index is 12.2. The minimum atomic E-state index is -1.94. The fraction of sp³-hybridized carbons (Fsp3) is 0.231. The van der Waals surface area contributed by atoms with E-state index in [-0.39, 0.29) is 5.56 Å². The lowest BCUT2D eigenvalue weighted by Gasteiger charge is -2.21. The molecule has 1 aromatic carbocycles. The van der Waals surface area contributed by atoms with E-state index in [1.807, 2.05) is 0 Å². The minimum Gasteiger partial charge on any atom is -0.356 e. The summed E-state index contributed by atoms with van der Waals surface area (Å²) in [5.74, 6) is -1.50. The van der Waals surface area contributed by atoms with Crippen LogP contribution in [0.2, 0.25) is 0 Å². The Kier molecular flexibility index (Phi) is 4.31. The number of carbonyl (C=O) groups excluding carboxylic acids is 2. The van der Waals surface area contributed by atoms with Gasteiger partial charge in [0.25, 0.3) is 0 Å². The van der Waals surface area contributed by atoms with Crippen molar-refractivity contribution in [2.24, 2.45) is 0 Å². The van der Waals surface area contributed by atoms with Crippen LogP contribution in [0.3, 0.4) is 0 Å². The minimum absolute atomic E-state index is 0.256. The van der Waals surface area contributed by atoms with Gasteiger partial charge in [-0.2, -0.15) is 10.5 Å². The van der Waals surface area contributed by atoms with E-state index in [0.717, 1.165) is 7.11 Å². The lowest BCUT2D eigenvalue weighted by molar-refractivity contribution is -0.117. The Balaban J connectivity index is 3.14. The molecule has 0 heterocycles. The number of benzene rings is 1. The number of carbonyl (C=O) groups is 2. The van der Waals surface area contributed by atoms with Gasteiger partial charge in [-0.25, -0.2) is 0 Å². The Bertz CT molecular complexity index is 540. The molecule has 0 aliphatic heterocycles. The molecule has 0 saturated carbocycles. The van der Waals surface area contributed by atoms with Gasteiger partial charge < -0.3 is 4.74 Å². The van der Waals surface area contributed by atoms with Gasteiger partial charge in [0, 0.05) is 12.7 Å². The number of hydrogen-bond acceptors (Lipinski definition) is 5. The number of ether oxygens (including phenoxy) is 1. The highest BCUT2D eigenvalue weighted by atomic mass is 16.5. The monoisotopic (exact) mass is 242 g/mol. The van der Waals surface area contributed by atoms with Crippen LogP contribution in [0.5, 0.6) is 0 Å². The van der Waals surface area contributed by atoms with Gasteiger partial charge >= 0.3 is 0 Å². The largest absolute Gasteiger partial charge is 0.356 e. The lowest BCUT2D eigenvalue weighted by atomic mass is 9.89. The molecule has 0 N–H and O–H groups in total. The van der Waals surface area contributed by atoms with Crippen molar-refractivity contribution in [2.75, 3.05) is 7.11 Å². The first-order valence-electron chi connectivity index (χ1n) is 5.09. The Morgan fingerprint density at radius 2 is 1.89 bits per heavy atom. The fourth-order valence-electron chi connectivity index (χ4n) is 1.47. The fourth-order valence-corrected chi connectivity index (χ4v) is 1.47. The van der Waals surface area contributed by atoms with E-state index >= 15 is 0 Å². The maximum Gasteiger partial charge on any atom is 0.236 e. The van der Waals surface area contributed by atoms with Crippen molar-refractivity contribution in [1.82, 2.24) is 0 Å². The molecule has 0 aromatic heterocycles. The molecular formula is C13H10N2O3. The summed E-state index contributed by atoms with van der Waals surface area (Å²) in [6.45, 7) is 0. The number of rotatable bonds is 5. The van der Waals surface area contributed by atoms with Crippen LogP contribution >= 0.6 is 0 Å². The van der Waals surface area contributed by atoms with E-state index in [9.17, 15) is 9.59 Å². The summed E-state index contributed by atoms with van der Waals surface area (Å²) >= 11 is 0. The number of ketones is 2. The second-order valence-electron chi connectivity index (χ2n) is 3.55. The van der Waals surface area contributed by atoms with Crippen LogP contribution in [0, 0.1) is 22.7 Å². The first-order chi connectivity index (χ1) is 8.59. The maximum absolute atomic E-state index is 12.2. The van der Waals surface area contributed by atoms with E-state index in [2.05, 4.69) is 0 Å². The van der Waals surface area contributed by atoms with Gasteiger partial charge in [0.15, 0.2) is 0 Å². The summed E-state index contributed by atoms with van der Waals surface area (Å²) in [6.07, 6.45) is -0.579. The lowest BCUT2D eigenvalue weighted by Crippen LogP contribution is -2.41. The Morgan fingerprint density at radius 1 is 1.28 bits per heavy atom. The summed E-state index contributed by atoms with van der Waals surface area (Å²) in [7, 11) is 1.16. The van der Waals surface area contributed by atoms with Crippen LogP contribution in [0.1, 0.15) is 16.8 Å². The molecular weight excluding hydrogens is 232 g/mol. The van der Waals surface area contributed by atoms with E-state index < -0.39 is 23.6 Å². The van der Waals surface area contributed by atoms with Crippen LogP contribution < -0.4 is 0 Å². The zero-order valence-corrected chi connectivity index (χ0v) is 9.71. The summed E-state index contributed by atoms with van der Waals surface area (Å²) in [6, 6.07) is 11.1. The van der Waals surface area contributed by atoms with Crippen LogP contribution in [0.4, 0.5) is 0 Å². The molecule has 18 heavy (non-hydrogen) atoms. The van der Waals surface area contributed by atoms with E-state index in [0.29, 0.717) is 0 Å². The molecule has 5 nitrogen and oxygen atoms in total. The molecule has 1 rings (SSSR count). The van der Waals surface area contributed by atoms with E-state index in [4.69, 9.17) is 15.3 Å². The molecule has 0 amide bonds. The Morgan fingerprint density at radius 3 is 2.33 bits per heavy atom. The normalized spacial score (nSPS) is 12.8. The van der Waals surface area contributed by atoms with Gasteiger partial charge in [-0.05, 0) is 0 Å². The van der Waals surface area contributed by atoms with E-state index in [1.165, 1.54) is 18.2 Å². The molecule has 0 aliphatic carbocycles. The van der Waals surface area contributed by atoms with Crippen molar-refractivity contribution >= 4 is 11.6 Å². The van der Waals surface area contributed by atoms with Crippen molar-refractivity contribution in [1.29, 1.82) is 10.5 Å². The number of hydrogen-bond donors (Lipinski definition) is 0. The van der Waals surface area contributed by atoms with Crippen molar-refractivity contribution in [3.63, 3.8) is 0 Å². The summed E-state index contributed by atoms with van der Waals surface area (Å²) < 4.78 is 4.89. The SMILES string of the molecule is COC(C#N)(CC(=O)C#N)C(=O)c1ccccc1. The first kappa shape index (κ1) is 13.6. The molecule has 0 fully saturated rings. The van der Waals surface area contributed by atoms with Crippen molar-refractivity contribution in [3.8, 4) is 12.1 Å². The predicted molar refractivity (Wildman–Crippen MR) is 61.4 cm³/mol. The molecule has 0 spiro atoms. The van der Waals surface area contributed by atoms with Crippen LogP contribution in [-0.2, 0) is 9.53 Å². The molecule has 0 bridgehead atoms. The van der Waals surface area contributed by atoms with Crippen LogP contribution in [-0.4, -0.2) is 24.3 Å². The average Bonchev–Trinajstić information content (AvgIpc) is 2.44. The number of Topliss-reactive ketones (excluding diaryl/α,β-unsaturated/α-hetero) is 2. The van der Waals surface area contributed by atoms with Crippen molar-refractivity contribution < 1.29 is 14.3 Å². The molecule has 1 aromatic rings. The molecule has 0 aliphatic rings. The number of methoxy groups -OCH3 is 1. The van der Waals surface area contributed by atoms with Gasteiger partial charge in [-0.3, -0.25) is 9.59 Å². The Labute approximate surface area is 104 Å². The zero-order chi connectivity index (χ0) is 13.6. The van der Waals surface area contributed by atoms with Gasteiger partial charge in [0.1, 0.15) is 12.1 Å². The van der Waals surface area contributed by atoms with Crippen molar-refractivity contribution in [2.45, 2.75) is 12.0 Å². The summed E-state index contributed by atoms with van der Waals surface area (Å²) in [4.78, 5) is 23.3. The molecule has 90 valence electrons. The van der Waals surface area contributed by atoms with Gasteiger partial charge in [0.05, 0.1) is 6.42 Å². The zero-order valence-electron chi connectivity index (χ0n) is 9.71. The van der Waals surface area contributed by atoms with Gasteiger partial charge in [0.2, 0.25) is 17.2 Å². The molecule has 1 atom stereocenters. The standard InChI is InChI=1S/C13H10N2O3/c1-18-13(9-15,7-11(16)8-14)12(17)10-5-3-2-4-6-10/h2-6H,7H2,1H3. The van der Waals surface area contributed by atoms with Crippen LogP contribution in [0.15, 0.2) is 30.3 Å². The molecule has 0 saturated heterocycles. The quantitative estimate of drug-likeness (QED) is 0.572. The highest BCUT2D eigenvalue weighted by molar-refractivity contribution is 6.08. The predicted octanol–water partition coefficient (Wildman–Crippen LogP) is 1.26. The highest BCUT2D eigenvalue weighted by Gasteiger charge is 2.41. The third-order valence-corrected chi connectivity index (χ3v) is 2.47. The topological polar surface area (TPSA) is 90.9 Å². The second-order valence-corrected chi connectivity index (χ2v) is 3.55. The third kappa shape index (κ3) is 2.60. The molecule has 1 unspecified atom stereocenters. The summed E-state index contributed by atoms with van der Waals surface area (Å²) in [5, 5.41) is 17.6. The third-order valence-electron chi connectivity index (χ3n) is 2.47. The molecule has 5 heteroatoms. The highest BCUT2D eigenvalue weighted by Crippen LogP contribution is 2.21. The van der Waals surface area contributed by atoms with Crippen molar-refractivity contribution in [3.05, 3.63) is 35.9 Å². The van der Waals surface area contributed by atoms with Gasteiger partial charge in [-0.15, -0.1) is 0 Å². The number of nitriles is 2. The number of nitrogens with zero attached hydrogens (tertiary/aromatic N) is 2. The second kappa shape index (κ2) is 5.72. The summed E-state index contributed by atoms with van der Waals surface area (Å²) in [5.41, 5.74) is -1.68. The van der Waals surface area contributed by atoms with E-state index in [1.54, 1.807) is 24.3 Å². The average molecular weight is 242 g/mol. The Hall–Kier alpha value is -2.50. The smallest absolute Gasteiger partial charge is 0.236 e. The molecule has 0 radical (unpaired) electrons. The first-order valence-corrected chi connectivity index (χ1v) is 5.09.